The van der Waals surface area contributed by atoms with Crippen LogP contribution in [-0.2, 0) is 18.3 Å². The Kier molecular flexibility index (Phi) is 4.02. The molecule has 2 rings (SSSR count). The second-order valence-corrected chi connectivity index (χ2v) is 6.17. The molecular weight excluding hydrogens is 262 g/mol. The fourth-order valence-electron chi connectivity index (χ4n) is 2.98. The van der Waals surface area contributed by atoms with Gasteiger partial charge in [-0.2, -0.15) is 5.10 Å². The first kappa shape index (κ1) is 14.5. The second kappa shape index (κ2) is 5.25. The minimum absolute atomic E-state index is 0.244. The van der Waals surface area contributed by atoms with Gasteiger partial charge in [-0.1, -0.05) is 25.4 Å². The van der Waals surface area contributed by atoms with Crippen molar-refractivity contribution in [3.8, 4) is 0 Å². The van der Waals surface area contributed by atoms with Crippen LogP contribution < -0.4 is 5.32 Å². The van der Waals surface area contributed by atoms with Crippen LogP contribution in [0.1, 0.15) is 31.5 Å². The summed E-state index contributed by atoms with van der Waals surface area (Å²) < 4.78 is 1.63. The van der Waals surface area contributed by atoms with Crippen molar-refractivity contribution in [2.45, 2.75) is 33.6 Å². The summed E-state index contributed by atoms with van der Waals surface area (Å²) in [7, 11) is 1.80. The molecule has 19 heavy (non-hydrogen) atoms. The van der Waals surface area contributed by atoms with Gasteiger partial charge in [0.1, 0.15) is 10.9 Å². The molecule has 1 aliphatic heterocycles. The molecule has 0 aliphatic carbocycles. The van der Waals surface area contributed by atoms with Crippen LogP contribution in [0.3, 0.4) is 0 Å². The molecule has 0 aromatic carbocycles. The highest BCUT2D eigenvalue weighted by atomic mass is 35.5. The highest BCUT2D eigenvalue weighted by Gasteiger charge is 2.43. The van der Waals surface area contributed by atoms with Crippen LogP contribution in [0.15, 0.2) is 0 Å². The molecule has 1 N–H and O–H groups in total. The number of halogens is 1. The lowest BCUT2D eigenvalue weighted by Gasteiger charge is -2.31. The van der Waals surface area contributed by atoms with Crippen LogP contribution in [0.4, 0.5) is 0 Å². The predicted molar refractivity (Wildman–Crippen MR) is 76.4 cm³/mol. The Bertz CT molecular complexity index is 487. The lowest BCUT2D eigenvalue weighted by molar-refractivity contribution is -0.129. The highest BCUT2D eigenvalue weighted by molar-refractivity contribution is 6.30. The monoisotopic (exact) mass is 283 g/mol. The van der Waals surface area contributed by atoms with Crippen LogP contribution in [0.25, 0.3) is 0 Å². The largest absolute Gasteiger partial charge is 0.316 e. The van der Waals surface area contributed by atoms with E-state index in [0.29, 0.717) is 17.5 Å². The van der Waals surface area contributed by atoms with E-state index >= 15 is 0 Å². The first-order chi connectivity index (χ1) is 8.88. The number of nitrogens with zero attached hydrogens (tertiary/aromatic N) is 2. The first-order valence-electron chi connectivity index (χ1n) is 6.80. The number of hydrogen-bond acceptors (Lipinski definition) is 3. The molecule has 0 bridgehead atoms. The van der Waals surface area contributed by atoms with Crippen LogP contribution in [-0.4, -0.2) is 28.7 Å². The number of carbonyl (C=O) groups excluding carboxylic acids is 1. The Morgan fingerprint density at radius 2 is 2.26 bits per heavy atom. The fourth-order valence-corrected chi connectivity index (χ4v) is 3.22. The molecule has 1 unspecified atom stereocenters. The van der Waals surface area contributed by atoms with Crippen molar-refractivity contribution in [3.05, 3.63) is 16.4 Å². The van der Waals surface area contributed by atoms with E-state index in [9.17, 15) is 4.79 Å². The van der Waals surface area contributed by atoms with Gasteiger partial charge in [-0.25, -0.2) is 0 Å². The number of nitrogens with one attached hydrogen (secondary N) is 1. The molecule has 4 nitrogen and oxygen atoms in total. The molecule has 1 atom stereocenters. The minimum Gasteiger partial charge on any atom is -0.316 e. The van der Waals surface area contributed by atoms with E-state index in [4.69, 9.17) is 11.6 Å². The molecule has 0 radical (unpaired) electrons. The Balaban J connectivity index is 2.25. The fraction of sp³-hybridized carbons (Fsp3) is 0.714. The maximum absolute atomic E-state index is 12.8. The maximum Gasteiger partial charge on any atom is 0.145 e. The van der Waals surface area contributed by atoms with E-state index in [0.717, 1.165) is 30.8 Å². The molecule has 106 valence electrons. The normalized spacial score (nSPS) is 23.3. The summed E-state index contributed by atoms with van der Waals surface area (Å²) >= 11 is 6.22. The molecular formula is C14H22ClN3O. The predicted octanol–water partition coefficient (Wildman–Crippen LogP) is 2.13. The molecule has 1 aliphatic rings. The molecule has 1 aromatic rings. The number of Topliss-reactive ketones (excluding diaryl/α,β-unsaturated/α-hetero) is 1. The molecule has 0 saturated carbocycles. The van der Waals surface area contributed by atoms with Gasteiger partial charge in [0.05, 0.1) is 5.69 Å². The van der Waals surface area contributed by atoms with E-state index in [2.05, 4.69) is 24.3 Å². The number of rotatable bonds is 4. The molecule has 1 aromatic heterocycles. The average molecular weight is 284 g/mol. The average Bonchev–Trinajstić information content (AvgIpc) is 2.92. The zero-order valence-corrected chi connectivity index (χ0v) is 12.8. The van der Waals surface area contributed by atoms with Gasteiger partial charge in [-0.3, -0.25) is 9.48 Å². The standard InChI is InChI=1S/C14H22ClN3O/c1-9(2)14(5-6-16-8-14)12(19)7-11-10(3)17-18(4)13(11)15/h9,16H,5-8H2,1-4H3. The van der Waals surface area contributed by atoms with E-state index < -0.39 is 0 Å². The van der Waals surface area contributed by atoms with Crippen molar-refractivity contribution in [1.29, 1.82) is 0 Å². The van der Waals surface area contributed by atoms with Gasteiger partial charge in [0.2, 0.25) is 0 Å². The summed E-state index contributed by atoms with van der Waals surface area (Å²) in [5.74, 6) is 0.622. The van der Waals surface area contributed by atoms with Crippen LogP contribution in [0, 0.1) is 18.3 Å². The van der Waals surface area contributed by atoms with Crippen LogP contribution >= 0.6 is 11.6 Å². The summed E-state index contributed by atoms with van der Waals surface area (Å²) in [5, 5.41) is 8.18. The van der Waals surface area contributed by atoms with Crippen LogP contribution in [0.5, 0.6) is 0 Å². The Morgan fingerprint density at radius 3 is 2.68 bits per heavy atom. The van der Waals surface area contributed by atoms with Gasteiger partial charge < -0.3 is 5.32 Å². The Hall–Kier alpha value is -0.870. The summed E-state index contributed by atoms with van der Waals surface area (Å²) in [4.78, 5) is 12.8. The summed E-state index contributed by atoms with van der Waals surface area (Å²) in [6.07, 6.45) is 1.30. The van der Waals surface area contributed by atoms with Crippen molar-refractivity contribution >= 4 is 17.4 Å². The van der Waals surface area contributed by atoms with Gasteiger partial charge in [-0.15, -0.1) is 0 Å². The number of carbonyl (C=O) groups is 1. The Labute approximate surface area is 119 Å². The summed E-state index contributed by atoms with van der Waals surface area (Å²) in [6.45, 7) is 7.86. The quantitative estimate of drug-likeness (QED) is 0.921. The van der Waals surface area contributed by atoms with Gasteiger partial charge in [0.15, 0.2) is 0 Å². The molecule has 2 heterocycles. The highest BCUT2D eigenvalue weighted by Crippen LogP contribution is 2.37. The number of ketones is 1. The first-order valence-corrected chi connectivity index (χ1v) is 7.18. The zero-order chi connectivity index (χ0) is 14.2. The Morgan fingerprint density at radius 1 is 1.58 bits per heavy atom. The third-order valence-corrected chi connectivity index (χ3v) is 4.93. The lowest BCUT2D eigenvalue weighted by Crippen LogP contribution is -2.39. The molecule has 0 amide bonds. The second-order valence-electron chi connectivity index (χ2n) is 5.82. The van der Waals surface area contributed by atoms with Crippen molar-refractivity contribution < 1.29 is 4.79 Å². The van der Waals surface area contributed by atoms with E-state index in [-0.39, 0.29) is 11.2 Å². The van der Waals surface area contributed by atoms with Gasteiger partial charge >= 0.3 is 0 Å². The van der Waals surface area contributed by atoms with Crippen molar-refractivity contribution in [1.82, 2.24) is 15.1 Å². The smallest absolute Gasteiger partial charge is 0.145 e. The van der Waals surface area contributed by atoms with Crippen LogP contribution in [0.2, 0.25) is 5.15 Å². The summed E-state index contributed by atoms with van der Waals surface area (Å²) in [6, 6.07) is 0. The van der Waals surface area contributed by atoms with Gasteiger partial charge in [0.25, 0.3) is 0 Å². The van der Waals surface area contributed by atoms with Crippen molar-refractivity contribution in [2.75, 3.05) is 13.1 Å². The van der Waals surface area contributed by atoms with Crippen molar-refractivity contribution in [2.24, 2.45) is 18.4 Å². The van der Waals surface area contributed by atoms with E-state index in [1.54, 1.807) is 11.7 Å². The minimum atomic E-state index is -0.244. The molecule has 0 spiro atoms. The van der Waals surface area contributed by atoms with Crippen molar-refractivity contribution in [3.63, 3.8) is 0 Å². The topological polar surface area (TPSA) is 46.9 Å². The molecule has 5 heteroatoms. The molecule has 1 fully saturated rings. The van der Waals surface area contributed by atoms with E-state index in [1.807, 2.05) is 6.92 Å². The third-order valence-electron chi connectivity index (χ3n) is 4.46. The van der Waals surface area contributed by atoms with E-state index in [1.165, 1.54) is 0 Å². The number of aromatic nitrogens is 2. The SMILES string of the molecule is Cc1nn(C)c(Cl)c1CC(=O)C1(C(C)C)CCNC1. The third kappa shape index (κ3) is 2.43. The lowest BCUT2D eigenvalue weighted by atomic mass is 9.71. The summed E-state index contributed by atoms with van der Waals surface area (Å²) in [5.41, 5.74) is 1.48. The van der Waals surface area contributed by atoms with Gasteiger partial charge in [0, 0.05) is 31.0 Å². The van der Waals surface area contributed by atoms with Gasteiger partial charge in [-0.05, 0) is 25.8 Å². The number of aryl methyl sites for hydroxylation is 2. The zero-order valence-electron chi connectivity index (χ0n) is 12.1. The maximum atomic E-state index is 12.8. The number of hydrogen-bond donors (Lipinski definition) is 1. The molecule has 1 saturated heterocycles.